The molecule has 27 heavy (non-hydrogen) atoms. The molecule has 0 bridgehead atoms. The molecule has 0 radical (unpaired) electrons. The van der Waals surface area contributed by atoms with Crippen LogP contribution in [0, 0.1) is 13.8 Å². The minimum atomic E-state index is -0.745. The van der Waals surface area contributed by atoms with Gasteiger partial charge in [0.25, 0.3) is 11.1 Å². The molecule has 0 saturated heterocycles. The predicted molar refractivity (Wildman–Crippen MR) is 107 cm³/mol. The van der Waals surface area contributed by atoms with Crippen LogP contribution < -0.4 is 22.0 Å². The monoisotopic (exact) mass is 427 g/mol. The molecule has 0 fully saturated rings. The average molecular weight is 428 g/mol. The minimum Gasteiger partial charge on any atom is -0.353 e. The van der Waals surface area contributed by atoms with Gasteiger partial charge in [-0.05, 0) is 31.5 Å². The number of rotatable bonds is 2. The number of aromatic nitrogens is 3. The van der Waals surface area contributed by atoms with Gasteiger partial charge in [-0.15, -0.1) is 0 Å². The molecular formula is C19H14BrN3O4. The first-order valence-electron chi connectivity index (χ1n) is 8.19. The molecule has 4 rings (SSSR count). The molecule has 136 valence electrons. The van der Waals surface area contributed by atoms with Gasteiger partial charge in [-0.25, -0.2) is 0 Å². The fraction of sp³-hybridized carbons (Fsp3) is 0.158. The number of H-pyrrole nitrogens is 2. The largest absolute Gasteiger partial charge is 0.353 e. The molecule has 4 aromatic rings. The quantitative estimate of drug-likeness (QED) is 0.508. The summed E-state index contributed by atoms with van der Waals surface area (Å²) in [5, 5.41) is -0.721. The summed E-state index contributed by atoms with van der Waals surface area (Å²) in [6.07, 6.45) is 0. The van der Waals surface area contributed by atoms with Crippen molar-refractivity contribution in [3.63, 3.8) is 0 Å². The Hall–Kier alpha value is -3.00. The molecule has 7 nitrogen and oxygen atoms in total. The van der Waals surface area contributed by atoms with E-state index in [1.54, 1.807) is 32.0 Å². The van der Waals surface area contributed by atoms with E-state index in [9.17, 15) is 19.2 Å². The molecule has 0 saturated carbocycles. The third-order valence-electron chi connectivity index (χ3n) is 4.74. The number of nitrogens with one attached hydrogen (secondary N) is 2. The summed E-state index contributed by atoms with van der Waals surface area (Å²) in [7, 11) is 0. The van der Waals surface area contributed by atoms with Gasteiger partial charge < -0.3 is 9.97 Å². The van der Waals surface area contributed by atoms with Crippen LogP contribution in [0.1, 0.15) is 17.0 Å². The van der Waals surface area contributed by atoms with Crippen molar-refractivity contribution in [1.29, 1.82) is 0 Å². The van der Waals surface area contributed by atoms with E-state index in [2.05, 4.69) is 25.9 Å². The van der Waals surface area contributed by atoms with Gasteiger partial charge in [0, 0.05) is 15.9 Å². The molecule has 0 atom stereocenters. The van der Waals surface area contributed by atoms with E-state index in [1.165, 1.54) is 0 Å². The zero-order valence-electron chi connectivity index (χ0n) is 14.5. The SMILES string of the molecule is Cc1[nH]c2c(=O)c3c(=O)n(Cc4cccc(Br)c4)c(=O)c3c(=O)c2[nH]c1C. The normalized spacial score (nSPS) is 11.5. The van der Waals surface area contributed by atoms with Crippen LogP contribution >= 0.6 is 15.9 Å². The zero-order valence-corrected chi connectivity index (χ0v) is 16.1. The molecule has 8 heteroatoms. The van der Waals surface area contributed by atoms with Crippen LogP contribution in [-0.4, -0.2) is 14.5 Å². The lowest BCUT2D eigenvalue weighted by Crippen LogP contribution is -2.27. The Labute approximate surface area is 159 Å². The van der Waals surface area contributed by atoms with Crippen LogP contribution in [0.25, 0.3) is 21.8 Å². The summed E-state index contributed by atoms with van der Waals surface area (Å²) in [5.74, 6) is 0. The van der Waals surface area contributed by atoms with Crippen molar-refractivity contribution >= 4 is 37.7 Å². The van der Waals surface area contributed by atoms with Crippen molar-refractivity contribution in [2.75, 3.05) is 0 Å². The van der Waals surface area contributed by atoms with E-state index in [0.29, 0.717) is 17.0 Å². The number of fused-ring (bicyclic) bond motifs is 2. The van der Waals surface area contributed by atoms with Gasteiger partial charge in [-0.2, -0.15) is 0 Å². The maximum absolute atomic E-state index is 12.8. The molecule has 0 aliphatic rings. The third kappa shape index (κ3) is 2.56. The summed E-state index contributed by atoms with van der Waals surface area (Å²) >= 11 is 3.34. The Morgan fingerprint density at radius 3 is 1.89 bits per heavy atom. The van der Waals surface area contributed by atoms with Crippen LogP contribution in [0.5, 0.6) is 0 Å². The molecule has 2 aromatic carbocycles. The number of aryl methyl sites for hydroxylation is 2. The van der Waals surface area contributed by atoms with Crippen molar-refractivity contribution in [3.05, 3.63) is 86.8 Å². The van der Waals surface area contributed by atoms with Gasteiger partial charge in [0.05, 0.1) is 6.54 Å². The van der Waals surface area contributed by atoms with Crippen LogP contribution in [0.4, 0.5) is 0 Å². The molecule has 0 spiro atoms. The lowest BCUT2D eigenvalue weighted by Gasteiger charge is -2.04. The van der Waals surface area contributed by atoms with E-state index in [4.69, 9.17) is 0 Å². The highest BCUT2D eigenvalue weighted by atomic mass is 79.9. The summed E-state index contributed by atoms with van der Waals surface area (Å²) < 4.78 is 1.74. The van der Waals surface area contributed by atoms with Gasteiger partial charge in [-0.3, -0.25) is 23.7 Å². The van der Waals surface area contributed by atoms with Crippen molar-refractivity contribution in [2.45, 2.75) is 20.4 Å². The number of hydrogen-bond acceptors (Lipinski definition) is 4. The molecule has 0 aliphatic heterocycles. The zero-order chi connectivity index (χ0) is 19.5. The molecule has 2 N–H and O–H groups in total. The van der Waals surface area contributed by atoms with E-state index < -0.39 is 22.0 Å². The Morgan fingerprint density at radius 2 is 1.41 bits per heavy atom. The molecule has 2 heterocycles. The Bertz CT molecular complexity index is 1380. The van der Waals surface area contributed by atoms with Crippen LogP contribution in [0.3, 0.4) is 0 Å². The fourth-order valence-electron chi connectivity index (χ4n) is 3.24. The van der Waals surface area contributed by atoms with E-state index in [0.717, 1.165) is 9.04 Å². The molecule has 0 unspecified atom stereocenters. The highest BCUT2D eigenvalue weighted by Crippen LogP contribution is 2.13. The smallest absolute Gasteiger partial charge is 0.266 e. The first-order chi connectivity index (χ1) is 12.8. The standard InChI is InChI=1S/C19H14BrN3O4/c1-8-9(2)22-15-14(21-8)16(24)12-13(17(15)25)19(27)23(18(12)26)7-10-4-3-5-11(20)6-10/h3-6,21-22H,7H2,1-2H3. The second kappa shape index (κ2) is 6.02. The Balaban J connectivity index is 2.11. The Kier molecular flexibility index (Phi) is 3.88. The number of benzene rings is 2. The second-order valence-corrected chi connectivity index (χ2v) is 7.40. The third-order valence-corrected chi connectivity index (χ3v) is 5.24. The highest BCUT2D eigenvalue weighted by Gasteiger charge is 2.23. The van der Waals surface area contributed by atoms with Gasteiger partial charge in [0.15, 0.2) is 0 Å². The van der Waals surface area contributed by atoms with E-state index in [-0.39, 0.29) is 28.4 Å². The van der Waals surface area contributed by atoms with Crippen LogP contribution in [-0.2, 0) is 6.54 Å². The number of hydrogen-bond donors (Lipinski definition) is 2. The number of halogens is 1. The molecule has 2 aromatic heterocycles. The van der Waals surface area contributed by atoms with Crippen molar-refractivity contribution in [3.8, 4) is 0 Å². The summed E-state index contributed by atoms with van der Waals surface area (Å²) in [6.45, 7) is 3.47. The van der Waals surface area contributed by atoms with Crippen molar-refractivity contribution < 1.29 is 0 Å². The molecule has 0 aliphatic carbocycles. The van der Waals surface area contributed by atoms with Gasteiger partial charge in [0.1, 0.15) is 21.8 Å². The lowest BCUT2D eigenvalue weighted by molar-refractivity contribution is 0.754. The van der Waals surface area contributed by atoms with Gasteiger partial charge in [0.2, 0.25) is 10.9 Å². The predicted octanol–water partition coefficient (Wildman–Crippen LogP) is 1.76. The first-order valence-corrected chi connectivity index (χ1v) is 8.99. The fourth-order valence-corrected chi connectivity index (χ4v) is 3.68. The first kappa shape index (κ1) is 17.4. The topological polar surface area (TPSA) is 105 Å². The van der Waals surface area contributed by atoms with Crippen LogP contribution in [0.2, 0.25) is 0 Å². The summed E-state index contributed by atoms with van der Waals surface area (Å²) in [4.78, 5) is 57.0. The maximum Gasteiger partial charge on any atom is 0.266 e. The lowest BCUT2D eigenvalue weighted by atomic mass is 10.1. The van der Waals surface area contributed by atoms with Gasteiger partial charge in [-0.1, -0.05) is 28.1 Å². The number of aromatic amines is 2. The summed E-state index contributed by atoms with van der Waals surface area (Å²) in [5.41, 5.74) is -0.726. The number of nitrogens with zero attached hydrogens (tertiary/aromatic N) is 1. The minimum absolute atomic E-state index is 0.00676. The summed E-state index contributed by atoms with van der Waals surface area (Å²) in [6, 6.07) is 7.12. The second-order valence-electron chi connectivity index (χ2n) is 6.48. The average Bonchev–Trinajstić information content (AvgIpc) is 2.86. The van der Waals surface area contributed by atoms with E-state index in [1.807, 2.05) is 6.07 Å². The highest BCUT2D eigenvalue weighted by molar-refractivity contribution is 9.10. The van der Waals surface area contributed by atoms with Gasteiger partial charge >= 0.3 is 0 Å². The van der Waals surface area contributed by atoms with Crippen molar-refractivity contribution in [1.82, 2.24) is 14.5 Å². The van der Waals surface area contributed by atoms with Crippen molar-refractivity contribution in [2.24, 2.45) is 0 Å². The van der Waals surface area contributed by atoms with Crippen LogP contribution in [0.15, 0.2) is 47.9 Å². The molecular weight excluding hydrogens is 414 g/mol. The molecule has 0 amide bonds. The Morgan fingerprint density at radius 1 is 0.889 bits per heavy atom. The maximum atomic E-state index is 12.8. The van der Waals surface area contributed by atoms with E-state index >= 15 is 0 Å².